The number of para-hydroxylation sites is 1. The van der Waals surface area contributed by atoms with Gasteiger partial charge in [-0.25, -0.2) is 0 Å². The number of nitrogens with zero attached hydrogens (tertiary/aromatic N) is 1. The van der Waals surface area contributed by atoms with Crippen LogP contribution >= 0.6 is 11.3 Å². The van der Waals surface area contributed by atoms with Gasteiger partial charge in [-0.05, 0) is 6.07 Å². The first-order chi connectivity index (χ1) is 6.42. The molecular formula is C11H10NS+. The second-order valence-electron chi connectivity index (χ2n) is 2.84. The minimum Gasteiger partial charge on any atom is -0.187 e. The van der Waals surface area contributed by atoms with Crippen LogP contribution < -0.4 is 4.57 Å². The summed E-state index contributed by atoms with van der Waals surface area (Å²) in [7, 11) is 0. The first-order valence-electron chi connectivity index (χ1n) is 4.21. The number of terminal acetylenes is 1. The smallest absolute Gasteiger partial charge is 0.187 e. The second-order valence-corrected chi connectivity index (χ2v) is 3.72. The number of rotatable bonds is 2. The van der Waals surface area contributed by atoms with E-state index in [2.05, 4.69) is 40.3 Å². The average Bonchev–Trinajstić information content (AvgIpc) is 2.58. The molecule has 2 aromatic rings. The van der Waals surface area contributed by atoms with Gasteiger partial charge in [-0.3, -0.25) is 0 Å². The minimum atomic E-state index is 0.797. The monoisotopic (exact) mass is 188 g/mol. The summed E-state index contributed by atoms with van der Waals surface area (Å²) in [5.41, 5.74) is 3.41. The fourth-order valence-corrected chi connectivity index (χ4v) is 2.25. The number of thiazole rings is 1. The molecule has 0 saturated heterocycles. The van der Waals surface area contributed by atoms with Crippen molar-refractivity contribution in [3.63, 3.8) is 0 Å². The Kier molecular flexibility index (Phi) is 2.29. The molecule has 1 heterocycles. The highest BCUT2D eigenvalue weighted by molar-refractivity contribution is 7.16. The van der Waals surface area contributed by atoms with Gasteiger partial charge in [-0.2, -0.15) is 4.57 Å². The normalized spacial score (nSPS) is 10.1. The SMILES string of the molecule is C#CCC[n+]1csc2ccccc21. The van der Waals surface area contributed by atoms with Crippen LogP contribution in [0.3, 0.4) is 0 Å². The highest BCUT2D eigenvalue weighted by atomic mass is 32.1. The van der Waals surface area contributed by atoms with Gasteiger partial charge >= 0.3 is 0 Å². The third-order valence-electron chi connectivity index (χ3n) is 1.98. The standard InChI is InChI=1S/C11H10NS/c1-2-3-8-12-9-13-11-7-5-4-6-10(11)12/h1,4-7,9H,3,8H2/q+1. The number of aromatic nitrogens is 1. The van der Waals surface area contributed by atoms with Crippen LogP contribution in [0.1, 0.15) is 6.42 Å². The van der Waals surface area contributed by atoms with Crippen molar-refractivity contribution in [3.05, 3.63) is 29.8 Å². The largest absolute Gasteiger partial charge is 0.225 e. The third-order valence-corrected chi connectivity index (χ3v) is 2.94. The molecule has 0 N–H and O–H groups in total. The molecule has 2 rings (SSSR count). The summed E-state index contributed by atoms with van der Waals surface area (Å²) in [5.74, 6) is 2.65. The Morgan fingerprint density at radius 2 is 2.23 bits per heavy atom. The third kappa shape index (κ3) is 1.56. The summed E-state index contributed by atoms with van der Waals surface area (Å²) in [6, 6.07) is 8.38. The van der Waals surface area contributed by atoms with Gasteiger partial charge < -0.3 is 0 Å². The van der Waals surface area contributed by atoms with Crippen LogP contribution in [0.25, 0.3) is 10.2 Å². The van der Waals surface area contributed by atoms with Crippen LogP contribution in [0.5, 0.6) is 0 Å². The van der Waals surface area contributed by atoms with Gasteiger partial charge in [-0.1, -0.05) is 23.5 Å². The van der Waals surface area contributed by atoms with Crippen molar-refractivity contribution in [3.8, 4) is 12.3 Å². The molecule has 2 heteroatoms. The van der Waals surface area contributed by atoms with E-state index in [0.717, 1.165) is 13.0 Å². The predicted octanol–water partition coefficient (Wildman–Crippen LogP) is 2.21. The fourth-order valence-electron chi connectivity index (χ4n) is 1.33. The van der Waals surface area contributed by atoms with Crippen LogP contribution in [0.15, 0.2) is 29.8 Å². The van der Waals surface area contributed by atoms with E-state index >= 15 is 0 Å². The Bertz CT molecular complexity index is 450. The zero-order chi connectivity index (χ0) is 9.10. The van der Waals surface area contributed by atoms with E-state index in [4.69, 9.17) is 6.42 Å². The van der Waals surface area contributed by atoms with Crippen molar-refractivity contribution in [2.75, 3.05) is 0 Å². The lowest BCUT2D eigenvalue weighted by atomic mass is 10.3. The molecule has 0 aliphatic heterocycles. The first-order valence-corrected chi connectivity index (χ1v) is 5.09. The second kappa shape index (κ2) is 3.59. The van der Waals surface area contributed by atoms with Crippen LogP contribution in [0.2, 0.25) is 0 Å². The quantitative estimate of drug-likeness (QED) is 0.502. The average molecular weight is 188 g/mol. The molecule has 0 atom stereocenters. The number of hydrogen-bond acceptors (Lipinski definition) is 1. The van der Waals surface area contributed by atoms with Crippen molar-refractivity contribution in [1.29, 1.82) is 0 Å². The number of fused-ring (bicyclic) bond motifs is 1. The maximum absolute atomic E-state index is 5.23. The Hall–Kier alpha value is -1.33. The topological polar surface area (TPSA) is 3.88 Å². The molecule has 1 aromatic heterocycles. The lowest BCUT2D eigenvalue weighted by Gasteiger charge is -1.88. The molecule has 0 spiro atoms. The van der Waals surface area contributed by atoms with Crippen LogP contribution in [0.4, 0.5) is 0 Å². The van der Waals surface area contributed by atoms with E-state index < -0.39 is 0 Å². The fraction of sp³-hybridized carbons (Fsp3) is 0.182. The Morgan fingerprint density at radius 1 is 1.38 bits per heavy atom. The number of aryl methyl sites for hydroxylation is 1. The molecular weight excluding hydrogens is 178 g/mol. The molecule has 0 aliphatic carbocycles. The summed E-state index contributed by atoms with van der Waals surface area (Å²) in [6.07, 6.45) is 6.03. The van der Waals surface area contributed by atoms with E-state index in [-0.39, 0.29) is 0 Å². The van der Waals surface area contributed by atoms with E-state index in [1.807, 2.05) is 0 Å². The molecule has 13 heavy (non-hydrogen) atoms. The van der Waals surface area contributed by atoms with Crippen LogP contribution in [-0.2, 0) is 6.54 Å². The summed E-state index contributed by atoms with van der Waals surface area (Å²) in [5, 5.41) is 0. The van der Waals surface area contributed by atoms with Crippen molar-refractivity contribution >= 4 is 21.6 Å². The molecule has 0 fully saturated rings. The lowest BCUT2D eigenvalue weighted by Crippen LogP contribution is -2.30. The van der Waals surface area contributed by atoms with Gasteiger partial charge in [0.25, 0.3) is 0 Å². The molecule has 1 aromatic carbocycles. The highest BCUT2D eigenvalue weighted by Gasteiger charge is 2.08. The summed E-state index contributed by atoms with van der Waals surface area (Å²) >= 11 is 1.76. The van der Waals surface area contributed by atoms with Crippen LogP contribution in [-0.4, -0.2) is 0 Å². The molecule has 0 aliphatic rings. The van der Waals surface area contributed by atoms with Crippen molar-refractivity contribution in [1.82, 2.24) is 0 Å². The Labute approximate surface area is 81.6 Å². The van der Waals surface area contributed by atoms with Crippen molar-refractivity contribution in [2.45, 2.75) is 13.0 Å². The van der Waals surface area contributed by atoms with Gasteiger partial charge in [0.2, 0.25) is 11.0 Å². The van der Waals surface area contributed by atoms with Gasteiger partial charge in [0, 0.05) is 6.07 Å². The summed E-state index contributed by atoms with van der Waals surface area (Å²) in [6.45, 7) is 0.917. The van der Waals surface area contributed by atoms with Gasteiger partial charge in [0.15, 0.2) is 6.54 Å². The van der Waals surface area contributed by atoms with Gasteiger partial charge in [0.1, 0.15) is 4.70 Å². The molecule has 0 radical (unpaired) electrons. The number of hydrogen-bond donors (Lipinski definition) is 0. The minimum absolute atomic E-state index is 0.797. The van der Waals surface area contributed by atoms with E-state index in [1.54, 1.807) is 11.3 Å². The zero-order valence-electron chi connectivity index (χ0n) is 7.23. The van der Waals surface area contributed by atoms with Gasteiger partial charge in [0.05, 0.1) is 6.42 Å². The van der Waals surface area contributed by atoms with E-state index in [9.17, 15) is 0 Å². The molecule has 64 valence electrons. The van der Waals surface area contributed by atoms with Crippen LogP contribution in [0, 0.1) is 12.3 Å². The first kappa shape index (κ1) is 8.28. The summed E-state index contributed by atoms with van der Waals surface area (Å²) in [4.78, 5) is 0. The predicted molar refractivity (Wildman–Crippen MR) is 55.5 cm³/mol. The summed E-state index contributed by atoms with van der Waals surface area (Å²) < 4.78 is 3.53. The Morgan fingerprint density at radius 3 is 3.08 bits per heavy atom. The van der Waals surface area contributed by atoms with Gasteiger partial charge in [-0.15, -0.1) is 12.3 Å². The zero-order valence-corrected chi connectivity index (χ0v) is 8.05. The maximum atomic E-state index is 5.23. The van der Waals surface area contributed by atoms with Crippen molar-refractivity contribution in [2.24, 2.45) is 0 Å². The van der Waals surface area contributed by atoms with E-state index in [1.165, 1.54) is 10.2 Å². The number of benzene rings is 1. The molecule has 0 bridgehead atoms. The maximum Gasteiger partial charge on any atom is 0.225 e. The molecule has 1 nitrogen and oxygen atoms in total. The van der Waals surface area contributed by atoms with E-state index in [0.29, 0.717) is 0 Å². The molecule has 0 unspecified atom stereocenters. The molecule has 0 saturated carbocycles. The lowest BCUT2D eigenvalue weighted by molar-refractivity contribution is -0.666. The Balaban J connectivity index is 2.41. The molecule has 0 amide bonds. The highest BCUT2D eigenvalue weighted by Crippen LogP contribution is 2.14. The van der Waals surface area contributed by atoms with Crippen molar-refractivity contribution < 1.29 is 4.57 Å².